The first-order chi connectivity index (χ1) is 7.22. The Labute approximate surface area is 95.8 Å². The predicted octanol–water partition coefficient (Wildman–Crippen LogP) is -1.11. The van der Waals surface area contributed by atoms with Gasteiger partial charge in [0.15, 0.2) is 9.84 Å². The van der Waals surface area contributed by atoms with Crippen LogP contribution in [-0.2, 0) is 9.84 Å². The topological polar surface area (TPSA) is 86.6 Å². The van der Waals surface area contributed by atoms with Gasteiger partial charge in [0.05, 0.1) is 23.7 Å². The molecule has 2 fully saturated rings. The van der Waals surface area contributed by atoms with Crippen LogP contribution in [0.15, 0.2) is 0 Å². The molecule has 4 atom stereocenters. The molecule has 0 bridgehead atoms. The van der Waals surface area contributed by atoms with Crippen LogP contribution in [0.2, 0.25) is 0 Å². The molecule has 0 amide bonds. The number of hydrogen-bond acceptors (Lipinski definition) is 5. The van der Waals surface area contributed by atoms with Gasteiger partial charge in [0.25, 0.3) is 0 Å². The summed E-state index contributed by atoms with van der Waals surface area (Å²) in [5.41, 5.74) is -0.244. The molecule has 0 radical (unpaired) electrons. The lowest BCUT2D eigenvalue weighted by molar-refractivity contribution is -0.0785. The summed E-state index contributed by atoms with van der Waals surface area (Å²) in [7, 11) is -3.10. The summed E-state index contributed by atoms with van der Waals surface area (Å²) >= 11 is 0. The van der Waals surface area contributed by atoms with Gasteiger partial charge in [0, 0.05) is 17.5 Å². The highest BCUT2D eigenvalue weighted by Crippen LogP contribution is 2.41. The van der Waals surface area contributed by atoms with Crippen LogP contribution >= 0.6 is 0 Å². The number of nitrogens with one attached hydrogen (secondary N) is 1. The van der Waals surface area contributed by atoms with Crippen molar-refractivity contribution in [2.45, 2.75) is 44.6 Å². The molecule has 0 spiro atoms. The van der Waals surface area contributed by atoms with E-state index in [0.717, 1.165) is 0 Å². The molecule has 0 aromatic carbocycles. The van der Waals surface area contributed by atoms with Crippen molar-refractivity contribution in [2.75, 3.05) is 11.5 Å². The van der Waals surface area contributed by atoms with E-state index in [1.165, 1.54) is 0 Å². The van der Waals surface area contributed by atoms with E-state index in [-0.39, 0.29) is 35.1 Å². The Morgan fingerprint density at radius 1 is 1.25 bits per heavy atom. The fourth-order valence-corrected chi connectivity index (χ4v) is 4.19. The van der Waals surface area contributed by atoms with Crippen molar-refractivity contribution in [3.63, 3.8) is 0 Å². The average Bonchev–Trinajstić information content (AvgIpc) is 2.39. The van der Waals surface area contributed by atoms with E-state index >= 15 is 0 Å². The van der Waals surface area contributed by atoms with Crippen molar-refractivity contribution < 1.29 is 18.6 Å². The maximum Gasteiger partial charge on any atom is 0.154 e. The quantitative estimate of drug-likeness (QED) is 0.578. The second-order valence-corrected chi connectivity index (χ2v) is 7.70. The number of aliphatic hydroxyl groups is 2. The third-order valence-electron chi connectivity index (χ3n) is 3.95. The van der Waals surface area contributed by atoms with Gasteiger partial charge in [-0.15, -0.1) is 0 Å². The Morgan fingerprint density at radius 2 is 1.88 bits per heavy atom. The minimum atomic E-state index is -3.10. The fourth-order valence-electron chi connectivity index (χ4n) is 2.43. The van der Waals surface area contributed by atoms with Crippen LogP contribution in [0.25, 0.3) is 0 Å². The minimum absolute atomic E-state index is 0.00313. The summed E-state index contributed by atoms with van der Waals surface area (Å²) in [6, 6.07) is -0.308. The first-order valence-corrected chi connectivity index (χ1v) is 7.37. The van der Waals surface area contributed by atoms with E-state index in [4.69, 9.17) is 0 Å². The van der Waals surface area contributed by atoms with Gasteiger partial charge in [-0.2, -0.15) is 0 Å². The standard InChI is InChI=1S/C10H19NO4S/c1-10(2)8(3-9(10)13)11-6-4-16(14,15)5-7(6)12/h6-9,11-13H,3-5H2,1-2H3. The normalized spacial score (nSPS) is 45.2. The molecule has 1 saturated heterocycles. The Hall–Kier alpha value is -0.170. The van der Waals surface area contributed by atoms with E-state index in [1.54, 1.807) is 0 Å². The van der Waals surface area contributed by atoms with Crippen LogP contribution in [0.4, 0.5) is 0 Å². The Bertz CT molecular complexity index is 378. The van der Waals surface area contributed by atoms with Crippen molar-refractivity contribution >= 4 is 9.84 Å². The van der Waals surface area contributed by atoms with Gasteiger partial charge in [0.1, 0.15) is 0 Å². The van der Waals surface area contributed by atoms with Gasteiger partial charge in [-0.1, -0.05) is 13.8 Å². The Morgan fingerprint density at radius 3 is 2.25 bits per heavy atom. The molecule has 0 aromatic rings. The number of aliphatic hydroxyl groups excluding tert-OH is 2. The van der Waals surface area contributed by atoms with Gasteiger partial charge in [-0.3, -0.25) is 0 Å². The smallest absolute Gasteiger partial charge is 0.154 e. The Balaban J connectivity index is 1.97. The van der Waals surface area contributed by atoms with Gasteiger partial charge < -0.3 is 15.5 Å². The summed E-state index contributed by atoms with van der Waals surface area (Å²) in [6.07, 6.45) is -0.547. The van der Waals surface area contributed by atoms with Crippen molar-refractivity contribution in [3.8, 4) is 0 Å². The van der Waals surface area contributed by atoms with E-state index < -0.39 is 15.9 Å². The van der Waals surface area contributed by atoms with Crippen LogP contribution in [0.3, 0.4) is 0 Å². The predicted molar refractivity (Wildman–Crippen MR) is 59.8 cm³/mol. The lowest BCUT2D eigenvalue weighted by Crippen LogP contribution is -2.63. The maximum absolute atomic E-state index is 11.3. The SMILES string of the molecule is CC1(C)C(O)CC1NC1CS(=O)(=O)CC1O. The van der Waals surface area contributed by atoms with E-state index in [1.807, 2.05) is 13.8 Å². The molecule has 1 aliphatic carbocycles. The van der Waals surface area contributed by atoms with Gasteiger partial charge in [0.2, 0.25) is 0 Å². The second-order valence-electron chi connectivity index (χ2n) is 5.54. The first kappa shape index (κ1) is 12.3. The van der Waals surface area contributed by atoms with Crippen molar-refractivity contribution in [1.82, 2.24) is 5.32 Å². The van der Waals surface area contributed by atoms with E-state index in [2.05, 4.69) is 5.32 Å². The zero-order chi connectivity index (χ0) is 12.1. The lowest BCUT2D eigenvalue weighted by Gasteiger charge is -2.50. The highest BCUT2D eigenvalue weighted by atomic mass is 32.2. The van der Waals surface area contributed by atoms with Crippen LogP contribution in [0.5, 0.6) is 0 Å². The minimum Gasteiger partial charge on any atom is -0.392 e. The molecule has 6 heteroatoms. The van der Waals surface area contributed by atoms with Crippen LogP contribution in [0.1, 0.15) is 20.3 Å². The lowest BCUT2D eigenvalue weighted by atomic mass is 9.64. The largest absolute Gasteiger partial charge is 0.392 e. The zero-order valence-corrected chi connectivity index (χ0v) is 10.4. The maximum atomic E-state index is 11.3. The monoisotopic (exact) mass is 249 g/mol. The van der Waals surface area contributed by atoms with Crippen LogP contribution < -0.4 is 5.32 Å². The Kier molecular flexibility index (Phi) is 2.81. The molecular formula is C10H19NO4S. The highest BCUT2D eigenvalue weighted by Gasteiger charge is 2.49. The molecule has 1 aliphatic heterocycles. The average molecular weight is 249 g/mol. The fraction of sp³-hybridized carbons (Fsp3) is 1.00. The summed E-state index contributed by atoms with van der Waals surface area (Å²) in [5.74, 6) is -0.156. The summed E-state index contributed by atoms with van der Waals surface area (Å²) in [4.78, 5) is 0. The van der Waals surface area contributed by atoms with Gasteiger partial charge in [-0.05, 0) is 6.42 Å². The molecule has 1 saturated carbocycles. The molecule has 3 N–H and O–H groups in total. The van der Waals surface area contributed by atoms with Gasteiger partial charge >= 0.3 is 0 Å². The third kappa shape index (κ3) is 1.99. The van der Waals surface area contributed by atoms with Crippen molar-refractivity contribution in [2.24, 2.45) is 5.41 Å². The highest BCUT2D eigenvalue weighted by molar-refractivity contribution is 7.91. The number of hydrogen-bond donors (Lipinski definition) is 3. The van der Waals surface area contributed by atoms with Crippen LogP contribution in [0, 0.1) is 5.41 Å². The summed E-state index contributed by atoms with van der Waals surface area (Å²) < 4.78 is 22.6. The van der Waals surface area contributed by atoms with Crippen molar-refractivity contribution in [1.29, 1.82) is 0 Å². The molecule has 4 unspecified atom stereocenters. The van der Waals surface area contributed by atoms with Gasteiger partial charge in [-0.25, -0.2) is 8.42 Å². The molecule has 16 heavy (non-hydrogen) atoms. The second kappa shape index (κ2) is 3.66. The molecular weight excluding hydrogens is 230 g/mol. The summed E-state index contributed by atoms with van der Waals surface area (Å²) in [6.45, 7) is 3.88. The molecule has 5 nitrogen and oxygen atoms in total. The molecule has 1 heterocycles. The first-order valence-electron chi connectivity index (χ1n) is 5.55. The molecule has 94 valence electrons. The molecule has 2 rings (SSSR count). The van der Waals surface area contributed by atoms with E-state index in [9.17, 15) is 18.6 Å². The summed E-state index contributed by atoms with van der Waals surface area (Å²) in [5, 5.41) is 22.3. The zero-order valence-electron chi connectivity index (χ0n) is 9.55. The molecule has 0 aromatic heterocycles. The van der Waals surface area contributed by atoms with E-state index in [0.29, 0.717) is 6.42 Å². The van der Waals surface area contributed by atoms with Crippen molar-refractivity contribution in [3.05, 3.63) is 0 Å². The molecule has 2 aliphatic rings. The van der Waals surface area contributed by atoms with Crippen LogP contribution in [-0.4, -0.2) is 54.4 Å². The number of sulfone groups is 1. The third-order valence-corrected chi connectivity index (χ3v) is 5.67. The number of rotatable bonds is 2.